The highest BCUT2D eigenvalue weighted by Crippen LogP contribution is 2.27. The number of halogens is 1. The van der Waals surface area contributed by atoms with E-state index in [1.807, 2.05) is 17.7 Å². The number of nitrogens with two attached hydrogens (primary N) is 1. The molecule has 0 unspecified atom stereocenters. The Kier molecular flexibility index (Phi) is 1.95. The molecule has 0 saturated carbocycles. The molecule has 0 spiro atoms. The number of aryl methyl sites for hydroxylation is 1. The molecule has 2 heterocycles. The van der Waals surface area contributed by atoms with E-state index in [-0.39, 0.29) is 11.7 Å². The number of anilines is 1. The molecule has 86 valence electrons. The van der Waals surface area contributed by atoms with Gasteiger partial charge in [-0.05, 0) is 24.3 Å². The number of nitrogens with zero attached hydrogens (tertiary/aromatic N) is 2. The third-order valence-electron chi connectivity index (χ3n) is 2.80. The maximum absolute atomic E-state index is 13.2. The molecule has 17 heavy (non-hydrogen) atoms. The second-order valence-electron chi connectivity index (χ2n) is 3.91. The fraction of sp³-hybridized carbons (Fsp3) is 0.0833. The highest BCUT2D eigenvalue weighted by atomic mass is 19.1. The van der Waals surface area contributed by atoms with E-state index in [0.29, 0.717) is 5.69 Å². The minimum Gasteiger partial charge on any atom is -0.368 e. The number of hydrogen-bond acceptors (Lipinski definition) is 3. The first-order chi connectivity index (χ1) is 8.15. The van der Waals surface area contributed by atoms with Gasteiger partial charge in [0.1, 0.15) is 11.5 Å². The monoisotopic (exact) mass is 231 g/mol. The Balaban J connectivity index is 2.27. The second kappa shape index (κ2) is 3.35. The number of aromatic nitrogens is 2. The number of nitrogen functional groups attached to an aromatic ring is 1. The highest BCUT2D eigenvalue weighted by Gasteiger charge is 2.11. The predicted molar refractivity (Wildman–Crippen MR) is 62.8 cm³/mol. The zero-order valence-corrected chi connectivity index (χ0v) is 9.14. The SMILES string of the molecule is Cn1c(-c2cc(N)on2)cc2ccc(F)cc21. The Morgan fingerprint density at radius 1 is 1.29 bits per heavy atom. The zero-order valence-electron chi connectivity index (χ0n) is 9.14. The van der Waals surface area contributed by atoms with Crippen LogP contribution in [0.3, 0.4) is 0 Å². The first-order valence-corrected chi connectivity index (χ1v) is 5.13. The van der Waals surface area contributed by atoms with Crippen molar-refractivity contribution in [3.05, 3.63) is 36.1 Å². The number of fused-ring (bicyclic) bond motifs is 1. The summed E-state index contributed by atoms with van der Waals surface area (Å²) in [7, 11) is 1.85. The summed E-state index contributed by atoms with van der Waals surface area (Å²) in [5, 5.41) is 4.80. The van der Waals surface area contributed by atoms with Crippen LogP contribution < -0.4 is 5.73 Å². The summed E-state index contributed by atoms with van der Waals surface area (Å²) in [5.41, 5.74) is 7.77. The largest absolute Gasteiger partial charge is 0.368 e. The Morgan fingerprint density at radius 3 is 2.82 bits per heavy atom. The minimum absolute atomic E-state index is 0.259. The van der Waals surface area contributed by atoms with Crippen molar-refractivity contribution in [1.82, 2.24) is 9.72 Å². The lowest BCUT2D eigenvalue weighted by atomic mass is 10.2. The Bertz CT molecular complexity index is 699. The fourth-order valence-electron chi connectivity index (χ4n) is 1.96. The molecular weight excluding hydrogens is 221 g/mol. The third-order valence-corrected chi connectivity index (χ3v) is 2.80. The van der Waals surface area contributed by atoms with Crippen LogP contribution in [0, 0.1) is 5.82 Å². The van der Waals surface area contributed by atoms with Crippen LogP contribution >= 0.6 is 0 Å². The van der Waals surface area contributed by atoms with Crippen LogP contribution in [0.2, 0.25) is 0 Å². The van der Waals surface area contributed by atoms with Gasteiger partial charge in [0.05, 0.1) is 11.2 Å². The van der Waals surface area contributed by atoms with E-state index in [0.717, 1.165) is 16.6 Å². The van der Waals surface area contributed by atoms with Crippen LogP contribution in [0.1, 0.15) is 0 Å². The maximum atomic E-state index is 13.2. The maximum Gasteiger partial charge on any atom is 0.222 e. The van der Waals surface area contributed by atoms with E-state index >= 15 is 0 Å². The van der Waals surface area contributed by atoms with Crippen molar-refractivity contribution in [3.8, 4) is 11.4 Å². The second-order valence-corrected chi connectivity index (χ2v) is 3.91. The Labute approximate surface area is 96.4 Å². The molecule has 0 saturated heterocycles. The van der Waals surface area contributed by atoms with E-state index in [1.54, 1.807) is 12.1 Å². The van der Waals surface area contributed by atoms with Crippen LogP contribution in [0.15, 0.2) is 34.9 Å². The van der Waals surface area contributed by atoms with Crippen molar-refractivity contribution in [2.45, 2.75) is 0 Å². The fourth-order valence-corrected chi connectivity index (χ4v) is 1.96. The molecule has 3 rings (SSSR count). The molecule has 0 bridgehead atoms. The molecule has 0 radical (unpaired) electrons. The molecule has 2 N–H and O–H groups in total. The Hall–Kier alpha value is -2.30. The van der Waals surface area contributed by atoms with Gasteiger partial charge in [-0.1, -0.05) is 5.16 Å². The molecule has 0 aliphatic rings. The van der Waals surface area contributed by atoms with Gasteiger partial charge in [0, 0.05) is 18.5 Å². The normalized spacial score (nSPS) is 11.2. The summed E-state index contributed by atoms with van der Waals surface area (Å²) < 4.78 is 19.9. The summed E-state index contributed by atoms with van der Waals surface area (Å²) in [6.07, 6.45) is 0. The lowest BCUT2D eigenvalue weighted by Gasteiger charge is -1.99. The summed E-state index contributed by atoms with van der Waals surface area (Å²) in [6, 6.07) is 8.22. The van der Waals surface area contributed by atoms with Crippen LogP contribution in [0.5, 0.6) is 0 Å². The van der Waals surface area contributed by atoms with Gasteiger partial charge in [-0.25, -0.2) is 4.39 Å². The molecule has 0 aliphatic carbocycles. The minimum atomic E-state index is -0.259. The van der Waals surface area contributed by atoms with Gasteiger partial charge in [-0.3, -0.25) is 0 Å². The van der Waals surface area contributed by atoms with Crippen LogP contribution in [0.4, 0.5) is 10.3 Å². The van der Waals surface area contributed by atoms with Crippen LogP contribution in [0.25, 0.3) is 22.3 Å². The smallest absolute Gasteiger partial charge is 0.222 e. The van der Waals surface area contributed by atoms with Gasteiger partial charge in [0.2, 0.25) is 5.88 Å². The summed E-state index contributed by atoms with van der Waals surface area (Å²) in [6.45, 7) is 0. The lowest BCUT2D eigenvalue weighted by Crippen LogP contribution is -1.91. The van der Waals surface area contributed by atoms with E-state index in [4.69, 9.17) is 10.3 Å². The number of hydrogen-bond donors (Lipinski definition) is 1. The average Bonchev–Trinajstić information content (AvgIpc) is 2.84. The number of rotatable bonds is 1. The van der Waals surface area contributed by atoms with Gasteiger partial charge in [0.15, 0.2) is 0 Å². The first kappa shape index (κ1) is 9.89. The van der Waals surface area contributed by atoms with Gasteiger partial charge in [0.25, 0.3) is 0 Å². The molecule has 3 aromatic rings. The summed E-state index contributed by atoms with van der Waals surface area (Å²) in [5.74, 6) is 0.00125. The van der Waals surface area contributed by atoms with Gasteiger partial charge >= 0.3 is 0 Å². The highest BCUT2D eigenvalue weighted by molar-refractivity contribution is 5.86. The molecule has 0 atom stereocenters. The summed E-state index contributed by atoms with van der Waals surface area (Å²) >= 11 is 0. The summed E-state index contributed by atoms with van der Waals surface area (Å²) in [4.78, 5) is 0. The van der Waals surface area contributed by atoms with E-state index in [9.17, 15) is 4.39 Å². The topological polar surface area (TPSA) is 57.0 Å². The first-order valence-electron chi connectivity index (χ1n) is 5.13. The molecule has 2 aromatic heterocycles. The lowest BCUT2D eigenvalue weighted by molar-refractivity contribution is 0.439. The molecule has 1 aromatic carbocycles. The van der Waals surface area contributed by atoms with Crippen molar-refractivity contribution in [3.63, 3.8) is 0 Å². The average molecular weight is 231 g/mol. The van der Waals surface area contributed by atoms with E-state index in [1.165, 1.54) is 12.1 Å². The molecule has 4 nitrogen and oxygen atoms in total. The standard InChI is InChI=1S/C12H10FN3O/c1-16-10-5-8(13)3-2-7(10)4-11(16)9-6-12(14)17-15-9/h2-6H,14H2,1H3. The van der Waals surface area contributed by atoms with Gasteiger partial charge in [-0.2, -0.15) is 0 Å². The van der Waals surface area contributed by atoms with Crippen molar-refractivity contribution in [2.75, 3.05) is 5.73 Å². The predicted octanol–water partition coefficient (Wildman–Crippen LogP) is 2.55. The van der Waals surface area contributed by atoms with Gasteiger partial charge < -0.3 is 14.8 Å². The zero-order chi connectivity index (χ0) is 12.0. The third kappa shape index (κ3) is 1.47. The van der Waals surface area contributed by atoms with Crippen molar-refractivity contribution >= 4 is 16.8 Å². The molecule has 0 amide bonds. The molecule has 0 aliphatic heterocycles. The van der Waals surface area contributed by atoms with Crippen molar-refractivity contribution in [1.29, 1.82) is 0 Å². The van der Waals surface area contributed by atoms with Crippen molar-refractivity contribution < 1.29 is 8.91 Å². The molecule has 0 fully saturated rings. The van der Waals surface area contributed by atoms with Crippen LogP contribution in [-0.4, -0.2) is 9.72 Å². The van der Waals surface area contributed by atoms with E-state index < -0.39 is 0 Å². The van der Waals surface area contributed by atoms with E-state index in [2.05, 4.69) is 5.16 Å². The quantitative estimate of drug-likeness (QED) is 0.700. The van der Waals surface area contributed by atoms with Crippen molar-refractivity contribution in [2.24, 2.45) is 7.05 Å². The Morgan fingerprint density at radius 2 is 2.12 bits per heavy atom. The molecule has 5 heteroatoms. The number of benzene rings is 1. The molecular formula is C12H10FN3O. The van der Waals surface area contributed by atoms with Crippen LogP contribution in [-0.2, 0) is 7.05 Å². The van der Waals surface area contributed by atoms with Gasteiger partial charge in [-0.15, -0.1) is 0 Å².